The fourth-order valence-electron chi connectivity index (χ4n) is 3.77. The molecule has 2 N–H and O–H groups in total. The van der Waals surface area contributed by atoms with Crippen LogP contribution in [0.3, 0.4) is 0 Å². The Labute approximate surface area is 187 Å². The van der Waals surface area contributed by atoms with Crippen LogP contribution in [0, 0.1) is 5.92 Å². The maximum atomic E-state index is 5.38. The lowest BCUT2D eigenvalue weighted by atomic mass is 9.85. The Kier molecular flexibility index (Phi) is 12.5. The van der Waals surface area contributed by atoms with E-state index in [9.17, 15) is 0 Å². The van der Waals surface area contributed by atoms with Gasteiger partial charge in [-0.2, -0.15) is 0 Å². The van der Waals surface area contributed by atoms with Gasteiger partial charge < -0.3 is 20.1 Å². The van der Waals surface area contributed by atoms with Gasteiger partial charge in [-0.15, -0.1) is 24.0 Å². The molecule has 160 valence electrons. The van der Waals surface area contributed by atoms with Crippen LogP contribution in [0.2, 0.25) is 0 Å². The number of benzene rings is 1. The van der Waals surface area contributed by atoms with Crippen molar-refractivity contribution >= 4 is 29.9 Å². The number of hydrogen-bond acceptors (Lipinski definition) is 4. The van der Waals surface area contributed by atoms with Crippen molar-refractivity contribution in [2.45, 2.75) is 32.2 Å². The molecule has 1 aliphatic heterocycles. The van der Waals surface area contributed by atoms with E-state index in [2.05, 4.69) is 51.8 Å². The number of aliphatic imine (C=N–C) groups is 1. The van der Waals surface area contributed by atoms with Crippen LogP contribution in [0.25, 0.3) is 0 Å². The van der Waals surface area contributed by atoms with Crippen molar-refractivity contribution in [2.75, 3.05) is 54.1 Å². The molecule has 2 atom stereocenters. The molecule has 0 spiro atoms. The summed E-state index contributed by atoms with van der Waals surface area (Å²) in [4.78, 5) is 6.82. The molecule has 1 heterocycles. The third-order valence-electron chi connectivity index (χ3n) is 5.18. The maximum Gasteiger partial charge on any atom is 0.190 e. The van der Waals surface area contributed by atoms with E-state index in [1.165, 1.54) is 18.4 Å². The van der Waals surface area contributed by atoms with Crippen molar-refractivity contribution in [3.8, 4) is 5.75 Å². The Morgan fingerprint density at radius 2 is 2.00 bits per heavy atom. The highest BCUT2D eigenvalue weighted by Gasteiger charge is 2.30. The van der Waals surface area contributed by atoms with Gasteiger partial charge in [0.2, 0.25) is 0 Å². The SMILES string of the molecule is CCOCCCNC(=NC)NCC1CCCN(C)C1c1ccc(OC)cc1.I. The van der Waals surface area contributed by atoms with E-state index in [1.54, 1.807) is 7.11 Å². The molecule has 0 aliphatic carbocycles. The first-order valence-corrected chi connectivity index (χ1v) is 10.1. The normalized spacial score (nSPS) is 20.4. The highest BCUT2D eigenvalue weighted by atomic mass is 127. The molecule has 0 aromatic heterocycles. The summed E-state index contributed by atoms with van der Waals surface area (Å²) < 4.78 is 10.7. The first-order chi connectivity index (χ1) is 13.2. The molecule has 28 heavy (non-hydrogen) atoms. The topological polar surface area (TPSA) is 58.1 Å². The van der Waals surface area contributed by atoms with E-state index < -0.39 is 0 Å². The highest BCUT2D eigenvalue weighted by Crippen LogP contribution is 2.35. The quantitative estimate of drug-likeness (QED) is 0.234. The van der Waals surface area contributed by atoms with Gasteiger partial charge in [-0.05, 0) is 63.4 Å². The van der Waals surface area contributed by atoms with Crippen molar-refractivity contribution in [3.05, 3.63) is 29.8 Å². The van der Waals surface area contributed by atoms with Gasteiger partial charge in [-0.1, -0.05) is 12.1 Å². The molecule has 2 unspecified atom stereocenters. The summed E-state index contributed by atoms with van der Waals surface area (Å²) in [5.74, 6) is 2.32. The van der Waals surface area contributed by atoms with Crippen molar-refractivity contribution in [1.82, 2.24) is 15.5 Å². The monoisotopic (exact) mass is 504 g/mol. The third-order valence-corrected chi connectivity index (χ3v) is 5.18. The average molecular weight is 504 g/mol. The predicted octanol–water partition coefficient (Wildman–Crippen LogP) is 3.29. The van der Waals surface area contributed by atoms with Crippen molar-refractivity contribution in [2.24, 2.45) is 10.9 Å². The van der Waals surface area contributed by atoms with E-state index in [0.717, 1.165) is 51.0 Å². The van der Waals surface area contributed by atoms with E-state index >= 15 is 0 Å². The Bertz CT molecular complexity index is 568. The van der Waals surface area contributed by atoms with Crippen LogP contribution in [0.15, 0.2) is 29.3 Å². The molecular weight excluding hydrogens is 467 g/mol. The zero-order valence-electron chi connectivity index (χ0n) is 17.7. The molecule has 0 saturated carbocycles. The van der Waals surface area contributed by atoms with Crippen molar-refractivity contribution in [3.63, 3.8) is 0 Å². The van der Waals surface area contributed by atoms with Crippen LogP contribution < -0.4 is 15.4 Å². The van der Waals surface area contributed by atoms with Crippen LogP contribution in [0.5, 0.6) is 5.75 Å². The molecule has 7 heteroatoms. The number of guanidine groups is 1. The lowest BCUT2D eigenvalue weighted by molar-refractivity contribution is 0.122. The van der Waals surface area contributed by atoms with Gasteiger partial charge in [-0.3, -0.25) is 9.89 Å². The zero-order chi connectivity index (χ0) is 19.5. The van der Waals surface area contributed by atoms with Gasteiger partial charge >= 0.3 is 0 Å². The number of nitrogens with one attached hydrogen (secondary N) is 2. The van der Waals surface area contributed by atoms with Gasteiger partial charge in [0, 0.05) is 39.4 Å². The van der Waals surface area contributed by atoms with E-state index in [4.69, 9.17) is 9.47 Å². The molecule has 0 amide bonds. The van der Waals surface area contributed by atoms with Gasteiger partial charge in [0.1, 0.15) is 5.75 Å². The second-order valence-corrected chi connectivity index (χ2v) is 7.03. The lowest BCUT2D eigenvalue weighted by Gasteiger charge is -2.40. The molecular formula is C21H37IN4O2. The van der Waals surface area contributed by atoms with Crippen LogP contribution in [-0.4, -0.2) is 64.9 Å². The molecule has 6 nitrogen and oxygen atoms in total. The Hall–Kier alpha value is -1.06. The van der Waals surface area contributed by atoms with Crippen LogP contribution in [0.1, 0.15) is 37.8 Å². The molecule has 2 rings (SSSR count). The summed E-state index contributed by atoms with van der Waals surface area (Å²) in [6, 6.07) is 8.91. The number of nitrogens with zero attached hydrogens (tertiary/aromatic N) is 2. The third kappa shape index (κ3) is 7.75. The number of piperidine rings is 1. The highest BCUT2D eigenvalue weighted by molar-refractivity contribution is 14.0. The molecule has 0 bridgehead atoms. The zero-order valence-corrected chi connectivity index (χ0v) is 20.1. The van der Waals surface area contributed by atoms with Crippen LogP contribution in [-0.2, 0) is 4.74 Å². The van der Waals surface area contributed by atoms with Gasteiger partial charge in [0.15, 0.2) is 5.96 Å². The first kappa shape index (κ1) is 25.0. The number of rotatable bonds is 9. The summed E-state index contributed by atoms with van der Waals surface area (Å²) in [6.07, 6.45) is 3.43. The summed E-state index contributed by atoms with van der Waals surface area (Å²) in [5.41, 5.74) is 1.35. The minimum Gasteiger partial charge on any atom is -0.497 e. The molecule has 1 saturated heterocycles. The Balaban J connectivity index is 0.00000392. The summed E-state index contributed by atoms with van der Waals surface area (Å²) in [6.45, 7) is 6.49. The number of likely N-dealkylation sites (tertiary alicyclic amines) is 1. The second kappa shape index (κ2) is 14.0. The average Bonchev–Trinajstić information content (AvgIpc) is 2.70. The van der Waals surface area contributed by atoms with E-state index in [0.29, 0.717) is 12.0 Å². The van der Waals surface area contributed by atoms with Gasteiger partial charge in [0.25, 0.3) is 0 Å². The fourth-order valence-corrected chi connectivity index (χ4v) is 3.77. The molecule has 1 aliphatic rings. The predicted molar refractivity (Wildman–Crippen MR) is 127 cm³/mol. The largest absolute Gasteiger partial charge is 0.497 e. The fraction of sp³-hybridized carbons (Fsp3) is 0.667. The summed E-state index contributed by atoms with van der Waals surface area (Å²) in [7, 11) is 5.76. The number of hydrogen-bond donors (Lipinski definition) is 2. The minimum atomic E-state index is 0. The van der Waals surface area contributed by atoms with Crippen molar-refractivity contribution in [1.29, 1.82) is 0 Å². The molecule has 1 aromatic carbocycles. The standard InChI is InChI=1S/C21H36N4O2.HI/c1-5-27-15-7-13-23-21(22-2)24-16-18-8-6-14-25(3)20(18)17-9-11-19(26-4)12-10-17;/h9-12,18,20H,5-8,13-16H2,1-4H3,(H2,22,23,24);1H. The summed E-state index contributed by atoms with van der Waals surface area (Å²) in [5, 5.41) is 6.90. The number of halogens is 1. The number of ether oxygens (including phenoxy) is 2. The van der Waals surface area contributed by atoms with Crippen molar-refractivity contribution < 1.29 is 9.47 Å². The molecule has 1 aromatic rings. The Morgan fingerprint density at radius 1 is 1.25 bits per heavy atom. The van der Waals surface area contributed by atoms with Gasteiger partial charge in [0.05, 0.1) is 7.11 Å². The summed E-state index contributed by atoms with van der Waals surface area (Å²) >= 11 is 0. The lowest BCUT2D eigenvalue weighted by Crippen LogP contribution is -2.45. The first-order valence-electron chi connectivity index (χ1n) is 10.1. The van der Waals surface area contributed by atoms with Crippen LogP contribution in [0.4, 0.5) is 0 Å². The second-order valence-electron chi connectivity index (χ2n) is 7.03. The maximum absolute atomic E-state index is 5.38. The minimum absolute atomic E-state index is 0. The van der Waals surface area contributed by atoms with Crippen LogP contribution >= 0.6 is 24.0 Å². The smallest absolute Gasteiger partial charge is 0.190 e. The van der Waals surface area contributed by atoms with E-state index in [1.807, 2.05) is 14.0 Å². The van der Waals surface area contributed by atoms with E-state index in [-0.39, 0.29) is 24.0 Å². The molecule has 1 fully saturated rings. The van der Waals surface area contributed by atoms with Gasteiger partial charge in [-0.25, -0.2) is 0 Å². The number of methoxy groups -OCH3 is 1. The Morgan fingerprint density at radius 3 is 2.64 bits per heavy atom. The molecule has 0 radical (unpaired) electrons.